The van der Waals surface area contributed by atoms with Gasteiger partial charge in [0.05, 0.1) is 12.1 Å². The molecule has 0 fully saturated rings. The Morgan fingerprint density at radius 1 is 1.32 bits per heavy atom. The number of nitrogens with two attached hydrogens (primary N) is 1. The Labute approximate surface area is 206 Å². The van der Waals surface area contributed by atoms with Gasteiger partial charge in [0.15, 0.2) is 0 Å². The predicted molar refractivity (Wildman–Crippen MR) is 143 cm³/mol. The lowest BCUT2D eigenvalue weighted by molar-refractivity contribution is 0.0604. The SMILES string of the molecule is CC=C(CCCCC)c1c(C)n(Cc2cc(C(N)=NC(=O)OC(C)(C)C)cs2)c2ccncc12. The van der Waals surface area contributed by atoms with Crippen LogP contribution in [0.25, 0.3) is 16.5 Å². The van der Waals surface area contributed by atoms with Crippen LogP contribution in [0.3, 0.4) is 0 Å². The number of hydrogen-bond acceptors (Lipinski definition) is 4. The molecule has 0 saturated heterocycles. The van der Waals surface area contributed by atoms with E-state index >= 15 is 0 Å². The summed E-state index contributed by atoms with van der Waals surface area (Å²) in [6, 6.07) is 4.08. The number of hydrogen-bond donors (Lipinski definition) is 1. The van der Waals surface area contributed by atoms with Gasteiger partial charge in [-0.2, -0.15) is 4.99 Å². The van der Waals surface area contributed by atoms with Gasteiger partial charge >= 0.3 is 6.09 Å². The van der Waals surface area contributed by atoms with Crippen LogP contribution in [0.1, 0.15) is 82.0 Å². The number of rotatable bonds is 8. The number of carbonyl (C=O) groups excluding carboxylic acids is 1. The van der Waals surface area contributed by atoms with Crippen molar-refractivity contribution in [2.45, 2.75) is 79.4 Å². The Morgan fingerprint density at radius 3 is 2.76 bits per heavy atom. The molecule has 0 aliphatic rings. The van der Waals surface area contributed by atoms with Gasteiger partial charge in [0, 0.05) is 44.9 Å². The maximum Gasteiger partial charge on any atom is 0.436 e. The lowest BCUT2D eigenvalue weighted by Gasteiger charge is -2.17. The van der Waals surface area contributed by atoms with E-state index in [9.17, 15) is 4.79 Å². The topological polar surface area (TPSA) is 82.5 Å². The molecule has 34 heavy (non-hydrogen) atoms. The monoisotopic (exact) mass is 480 g/mol. The van der Waals surface area contributed by atoms with Crippen LogP contribution in [0, 0.1) is 6.92 Å². The van der Waals surface area contributed by atoms with E-state index in [4.69, 9.17) is 10.5 Å². The van der Waals surface area contributed by atoms with E-state index in [1.807, 2.05) is 23.8 Å². The van der Waals surface area contributed by atoms with Crippen LogP contribution in [0.15, 0.2) is 41.0 Å². The zero-order valence-electron chi connectivity index (χ0n) is 21.1. The first-order chi connectivity index (χ1) is 16.1. The summed E-state index contributed by atoms with van der Waals surface area (Å²) in [5, 5.41) is 3.12. The van der Waals surface area contributed by atoms with Crippen molar-refractivity contribution in [2.24, 2.45) is 10.7 Å². The van der Waals surface area contributed by atoms with Crippen LogP contribution in [0.2, 0.25) is 0 Å². The highest BCUT2D eigenvalue weighted by Crippen LogP contribution is 2.34. The number of amides is 1. The molecule has 3 aromatic rings. The molecule has 0 radical (unpaired) electrons. The lowest BCUT2D eigenvalue weighted by atomic mass is 9.97. The van der Waals surface area contributed by atoms with Crippen LogP contribution >= 0.6 is 11.3 Å². The number of nitrogens with zero attached hydrogens (tertiary/aromatic N) is 3. The maximum absolute atomic E-state index is 12.0. The van der Waals surface area contributed by atoms with Crippen molar-refractivity contribution in [3.05, 3.63) is 57.7 Å². The van der Waals surface area contributed by atoms with Crippen LogP contribution in [-0.4, -0.2) is 27.1 Å². The molecular weight excluding hydrogens is 444 g/mol. The Morgan fingerprint density at radius 2 is 2.09 bits per heavy atom. The smallest absolute Gasteiger partial charge is 0.436 e. The quantitative estimate of drug-likeness (QED) is 0.212. The third-order valence-corrected chi connectivity index (χ3v) is 6.63. The van der Waals surface area contributed by atoms with E-state index in [1.165, 1.54) is 47.0 Å². The second-order valence-electron chi connectivity index (χ2n) is 9.49. The summed E-state index contributed by atoms with van der Waals surface area (Å²) >= 11 is 1.61. The van der Waals surface area contributed by atoms with Gasteiger partial charge in [0.25, 0.3) is 0 Å². The predicted octanol–water partition coefficient (Wildman–Crippen LogP) is 7.08. The summed E-state index contributed by atoms with van der Waals surface area (Å²) in [5.41, 5.74) is 11.3. The molecule has 0 spiro atoms. The number of thiophene rings is 1. The molecule has 0 saturated carbocycles. The second kappa shape index (κ2) is 11.0. The van der Waals surface area contributed by atoms with Gasteiger partial charge in [-0.05, 0) is 65.2 Å². The molecule has 7 heteroatoms. The minimum Gasteiger partial charge on any atom is -0.442 e. The average molecular weight is 481 g/mol. The second-order valence-corrected chi connectivity index (χ2v) is 10.5. The van der Waals surface area contributed by atoms with Crippen molar-refractivity contribution < 1.29 is 9.53 Å². The van der Waals surface area contributed by atoms with Crippen molar-refractivity contribution in [3.8, 4) is 0 Å². The highest BCUT2D eigenvalue weighted by atomic mass is 32.1. The molecule has 1 amide bonds. The van der Waals surface area contributed by atoms with Crippen molar-refractivity contribution in [1.29, 1.82) is 0 Å². The fraction of sp³-hybridized carbons (Fsp3) is 0.444. The van der Waals surface area contributed by atoms with E-state index in [0.717, 1.165) is 16.9 Å². The van der Waals surface area contributed by atoms with Crippen molar-refractivity contribution in [1.82, 2.24) is 9.55 Å². The number of ether oxygens (including phenoxy) is 1. The van der Waals surface area contributed by atoms with Crippen molar-refractivity contribution in [3.63, 3.8) is 0 Å². The highest BCUT2D eigenvalue weighted by molar-refractivity contribution is 7.10. The first kappa shape index (κ1) is 25.7. The normalized spacial score (nSPS) is 13.0. The molecule has 2 N–H and O–H groups in total. The first-order valence-electron chi connectivity index (χ1n) is 11.9. The largest absolute Gasteiger partial charge is 0.442 e. The Hall–Kier alpha value is -2.93. The summed E-state index contributed by atoms with van der Waals surface area (Å²) in [5.74, 6) is 0.169. The van der Waals surface area contributed by atoms with Crippen LogP contribution < -0.4 is 5.73 Å². The maximum atomic E-state index is 12.0. The molecular formula is C27H36N4O2S. The number of unbranched alkanes of at least 4 members (excludes halogenated alkanes) is 2. The van der Waals surface area contributed by atoms with Crippen LogP contribution in [0.5, 0.6) is 0 Å². The molecule has 0 aliphatic heterocycles. The molecule has 0 aliphatic carbocycles. The van der Waals surface area contributed by atoms with Crippen molar-refractivity contribution >= 4 is 39.7 Å². The molecule has 0 aromatic carbocycles. The average Bonchev–Trinajstić information content (AvgIpc) is 3.34. The fourth-order valence-corrected chi connectivity index (χ4v) is 4.98. The van der Waals surface area contributed by atoms with Gasteiger partial charge in [-0.25, -0.2) is 4.79 Å². The third kappa shape index (κ3) is 6.14. The van der Waals surface area contributed by atoms with E-state index in [1.54, 1.807) is 32.1 Å². The summed E-state index contributed by atoms with van der Waals surface area (Å²) in [4.78, 5) is 21.5. The Kier molecular flexibility index (Phi) is 8.31. The first-order valence-corrected chi connectivity index (χ1v) is 12.8. The van der Waals surface area contributed by atoms with Gasteiger partial charge in [0.1, 0.15) is 11.4 Å². The number of aliphatic imine (C=N–C) groups is 1. The van der Waals surface area contributed by atoms with Gasteiger partial charge in [-0.3, -0.25) is 4.98 Å². The third-order valence-electron chi connectivity index (χ3n) is 5.71. The molecule has 0 atom stereocenters. The molecule has 3 heterocycles. The zero-order chi connectivity index (χ0) is 24.9. The standard InChI is InChI=1S/C27H36N4O2S/c1-7-9-10-11-19(8-2)24-18(3)31(23-12-13-29-15-22(23)24)16-21-14-20(17-34-21)25(28)30-26(32)33-27(4,5)6/h8,12-15,17H,7,9-11,16H2,1-6H3,(H2,28,30,32). The van der Waals surface area contributed by atoms with E-state index in [-0.39, 0.29) is 5.84 Å². The summed E-state index contributed by atoms with van der Waals surface area (Å²) in [7, 11) is 0. The zero-order valence-corrected chi connectivity index (χ0v) is 22.0. The minimum absolute atomic E-state index is 0.169. The summed E-state index contributed by atoms with van der Waals surface area (Å²) in [6.45, 7) is 12.7. The molecule has 6 nitrogen and oxygen atoms in total. The Balaban J connectivity index is 1.90. The number of fused-ring (bicyclic) bond motifs is 1. The number of amidine groups is 1. The van der Waals surface area contributed by atoms with Gasteiger partial charge in [-0.1, -0.05) is 25.8 Å². The molecule has 0 unspecified atom stereocenters. The van der Waals surface area contributed by atoms with Gasteiger partial charge in [0.2, 0.25) is 0 Å². The number of pyridine rings is 1. The molecule has 0 bridgehead atoms. The van der Waals surface area contributed by atoms with Gasteiger partial charge in [-0.15, -0.1) is 11.3 Å². The minimum atomic E-state index is -0.677. The molecule has 3 rings (SSSR count). The summed E-state index contributed by atoms with van der Waals surface area (Å²) < 4.78 is 7.59. The van der Waals surface area contributed by atoms with E-state index in [2.05, 4.69) is 47.5 Å². The van der Waals surface area contributed by atoms with E-state index < -0.39 is 11.7 Å². The van der Waals surface area contributed by atoms with Crippen LogP contribution in [-0.2, 0) is 11.3 Å². The number of allylic oxidation sites excluding steroid dienone is 2. The van der Waals surface area contributed by atoms with Gasteiger partial charge < -0.3 is 15.0 Å². The fourth-order valence-electron chi connectivity index (χ4n) is 4.12. The molecule has 182 valence electrons. The number of carbonyl (C=O) groups is 1. The van der Waals surface area contributed by atoms with Crippen molar-refractivity contribution in [2.75, 3.05) is 0 Å². The highest BCUT2D eigenvalue weighted by Gasteiger charge is 2.19. The lowest BCUT2D eigenvalue weighted by Crippen LogP contribution is -2.24. The van der Waals surface area contributed by atoms with Crippen LogP contribution in [0.4, 0.5) is 4.79 Å². The number of aromatic nitrogens is 2. The van der Waals surface area contributed by atoms with E-state index in [0.29, 0.717) is 6.54 Å². The molecule has 3 aromatic heterocycles. The Bertz CT molecular complexity index is 1210. The summed E-state index contributed by atoms with van der Waals surface area (Å²) in [6.07, 6.45) is 10.1.